The van der Waals surface area contributed by atoms with E-state index < -0.39 is 61.8 Å². The van der Waals surface area contributed by atoms with Crippen molar-refractivity contribution >= 4 is 28.6 Å². The van der Waals surface area contributed by atoms with Gasteiger partial charge in [0.2, 0.25) is 10.6 Å². The van der Waals surface area contributed by atoms with Gasteiger partial charge < -0.3 is 14.8 Å². The monoisotopic (exact) mass is 510 g/mol. The molecule has 15 heteroatoms. The summed E-state index contributed by atoms with van der Waals surface area (Å²) >= 11 is 2.44. The quantitative estimate of drug-likeness (QED) is 0.490. The highest BCUT2D eigenvalue weighted by atomic mass is 35.5. The first-order valence-corrected chi connectivity index (χ1v) is 10.4. The van der Waals surface area contributed by atoms with E-state index in [0.717, 1.165) is 10.7 Å². The molecule has 0 aliphatic carbocycles. The van der Waals surface area contributed by atoms with Crippen molar-refractivity contribution in [3.63, 3.8) is 0 Å². The number of rotatable bonds is 4. The van der Waals surface area contributed by atoms with Crippen molar-refractivity contribution in [2.75, 3.05) is 26.0 Å². The van der Waals surface area contributed by atoms with Crippen molar-refractivity contribution in [3.05, 3.63) is 34.0 Å². The third-order valence-corrected chi connectivity index (χ3v) is 6.25. The minimum absolute atomic E-state index is 0.156. The molecular weight excluding hydrogens is 498 g/mol. The first kappa shape index (κ1) is 25.0. The summed E-state index contributed by atoms with van der Waals surface area (Å²) in [6, 6.07) is 4.55. The summed E-state index contributed by atoms with van der Waals surface area (Å²) < 4.78 is 93.5. The lowest BCUT2D eigenvalue weighted by molar-refractivity contribution is -0.137. The van der Waals surface area contributed by atoms with Crippen LogP contribution in [0.15, 0.2) is 17.0 Å². The van der Waals surface area contributed by atoms with Gasteiger partial charge >= 0.3 is 11.7 Å². The van der Waals surface area contributed by atoms with E-state index in [1.807, 2.05) is 6.07 Å². The van der Waals surface area contributed by atoms with Crippen LogP contribution in [0.3, 0.4) is 0 Å². The van der Waals surface area contributed by atoms with E-state index >= 15 is 0 Å². The van der Waals surface area contributed by atoms with Crippen molar-refractivity contribution in [1.82, 2.24) is 14.7 Å². The molecule has 0 amide bonds. The molecule has 7 nitrogen and oxygen atoms in total. The van der Waals surface area contributed by atoms with Crippen LogP contribution in [-0.2, 0) is 22.9 Å². The number of anilines is 1. The standard InChI is InChI=1S/C18H13ClF6N6OS/c1-30(2)8-16(3-4-26)10-5-9(17(20,21)22)6-11(19)13(10)31-15(28-16)14(12(7-27)29-31)33(32)18(23,24)25/h5-6,28H,3,8H2,1-2H3. The molecule has 1 aliphatic heterocycles. The Hall–Kier alpha value is -2.65. The van der Waals surface area contributed by atoms with Crippen LogP contribution in [0.25, 0.3) is 5.69 Å². The van der Waals surface area contributed by atoms with Crippen LogP contribution in [0.2, 0.25) is 5.02 Å². The lowest BCUT2D eigenvalue weighted by Crippen LogP contribution is -2.48. The maximum absolute atomic E-state index is 13.5. The lowest BCUT2D eigenvalue weighted by Gasteiger charge is -2.41. The maximum atomic E-state index is 13.5. The number of aromatic nitrogens is 2. The van der Waals surface area contributed by atoms with E-state index in [-0.39, 0.29) is 17.8 Å². The molecule has 3 rings (SSSR count). The highest BCUT2D eigenvalue weighted by Crippen LogP contribution is 2.49. The van der Waals surface area contributed by atoms with Crippen LogP contribution < -0.4 is 5.32 Å². The largest absolute Gasteiger partial charge is 0.604 e. The van der Waals surface area contributed by atoms with Crippen LogP contribution in [0.4, 0.5) is 32.2 Å². The fraction of sp³-hybridized carbons (Fsp3) is 0.389. The second-order valence-electron chi connectivity index (χ2n) is 7.40. The van der Waals surface area contributed by atoms with Gasteiger partial charge in [0.25, 0.3) is 0 Å². The van der Waals surface area contributed by atoms with Crippen molar-refractivity contribution in [2.45, 2.75) is 28.5 Å². The Kier molecular flexibility index (Phi) is 6.27. The van der Waals surface area contributed by atoms with Crippen LogP contribution in [0, 0.1) is 22.7 Å². The number of likely N-dealkylation sites (N-methyl/N-ethyl adjacent to an activating group) is 1. The van der Waals surface area contributed by atoms with E-state index in [4.69, 9.17) is 11.6 Å². The highest BCUT2D eigenvalue weighted by molar-refractivity contribution is 7.92. The van der Waals surface area contributed by atoms with Crippen molar-refractivity contribution in [3.8, 4) is 17.8 Å². The summed E-state index contributed by atoms with van der Waals surface area (Å²) in [5, 5.41) is 24.6. The van der Waals surface area contributed by atoms with Crippen molar-refractivity contribution < 1.29 is 30.9 Å². The second-order valence-corrected chi connectivity index (χ2v) is 9.21. The predicted molar refractivity (Wildman–Crippen MR) is 105 cm³/mol. The molecule has 2 heterocycles. The topological polar surface area (TPSA) is 104 Å². The average Bonchev–Trinajstić information content (AvgIpc) is 3.03. The van der Waals surface area contributed by atoms with Crippen LogP contribution in [0.1, 0.15) is 23.2 Å². The molecule has 0 saturated heterocycles. The van der Waals surface area contributed by atoms with Gasteiger partial charge in [-0.1, -0.05) is 11.6 Å². The number of alkyl halides is 6. The third-order valence-electron chi connectivity index (χ3n) is 4.79. The first-order valence-electron chi connectivity index (χ1n) is 8.89. The maximum Gasteiger partial charge on any atom is 0.578 e. The molecule has 0 saturated carbocycles. The number of nitrogens with one attached hydrogen (secondary N) is 1. The Labute approximate surface area is 191 Å². The normalized spacial score (nSPS) is 18.7. The third kappa shape index (κ3) is 4.31. The smallest absolute Gasteiger partial charge is 0.578 e. The molecule has 176 valence electrons. The zero-order chi connectivity index (χ0) is 24.9. The van der Waals surface area contributed by atoms with Crippen LogP contribution >= 0.6 is 11.6 Å². The molecule has 0 spiro atoms. The molecule has 2 unspecified atom stereocenters. The van der Waals surface area contributed by atoms with Gasteiger partial charge in [0.1, 0.15) is 17.2 Å². The molecule has 1 aromatic heterocycles. The van der Waals surface area contributed by atoms with Crippen LogP contribution in [0.5, 0.6) is 0 Å². The average molecular weight is 511 g/mol. The number of benzene rings is 1. The number of nitrogens with zero attached hydrogens (tertiary/aromatic N) is 5. The summed E-state index contributed by atoms with van der Waals surface area (Å²) in [5.74, 6) is -0.548. The van der Waals surface area contributed by atoms with Gasteiger partial charge in [-0.25, -0.2) is 4.68 Å². The van der Waals surface area contributed by atoms with Crippen molar-refractivity contribution in [1.29, 1.82) is 10.5 Å². The van der Waals surface area contributed by atoms with Crippen molar-refractivity contribution in [2.24, 2.45) is 0 Å². The van der Waals surface area contributed by atoms with Crippen LogP contribution in [-0.4, -0.2) is 45.4 Å². The van der Waals surface area contributed by atoms with E-state index in [1.165, 1.54) is 25.1 Å². The Bertz CT molecular complexity index is 1180. The molecule has 0 radical (unpaired) electrons. The Balaban J connectivity index is 2.46. The Morgan fingerprint density at radius 2 is 1.88 bits per heavy atom. The van der Waals surface area contributed by atoms with E-state index in [9.17, 15) is 41.4 Å². The van der Waals surface area contributed by atoms with E-state index in [0.29, 0.717) is 6.07 Å². The van der Waals surface area contributed by atoms with Gasteiger partial charge in [-0.05, 0) is 26.2 Å². The Morgan fingerprint density at radius 3 is 2.36 bits per heavy atom. The molecule has 0 bridgehead atoms. The fourth-order valence-electron chi connectivity index (χ4n) is 3.67. The first-order chi connectivity index (χ1) is 15.2. The second kappa shape index (κ2) is 8.29. The number of hydrogen-bond donors (Lipinski definition) is 1. The number of halogens is 7. The zero-order valence-electron chi connectivity index (χ0n) is 16.8. The minimum Gasteiger partial charge on any atom is -0.604 e. The highest BCUT2D eigenvalue weighted by Gasteiger charge is 2.53. The predicted octanol–water partition coefficient (Wildman–Crippen LogP) is 4.14. The van der Waals surface area contributed by atoms with E-state index in [2.05, 4.69) is 10.4 Å². The Morgan fingerprint density at radius 1 is 1.24 bits per heavy atom. The fourth-order valence-corrected chi connectivity index (χ4v) is 4.78. The molecule has 1 aliphatic rings. The molecule has 33 heavy (non-hydrogen) atoms. The number of fused-ring (bicyclic) bond motifs is 3. The number of hydrogen-bond acceptors (Lipinski definition) is 6. The van der Waals surface area contributed by atoms with Gasteiger partial charge in [-0.15, -0.1) is 18.3 Å². The summed E-state index contributed by atoms with van der Waals surface area (Å²) in [6.07, 6.45) is -5.32. The number of nitriles is 2. The molecule has 2 atom stereocenters. The van der Waals surface area contributed by atoms with Gasteiger partial charge in [0.15, 0.2) is 5.82 Å². The van der Waals surface area contributed by atoms with Gasteiger partial charge in [-0.2, -0.15) is 23.7 Å². The molecular formula is C18H13ClF6N6OS. The van der Waals surface area contributed by atoms with Gasteiger partial charge in [0.05, 0.1) is 34.3 Å². The SMILES string of the molecule is CN(C)CC1(CC#N)Nc2c([S+]([O-])C(F)(F)F)c(C#N)nn2-c2c(Cl)cc(C(F)(F)F)cc21. The lowest BCUT2D eigenvalue weighted by atomic mass is 9.82. The summed E-state index contributed by atoms with van der Waals surface area (Å²) in [7, 11) is 3.08. The van der Waals surface area contributed by atoms with E-state index in [1.54, 1.807) is 0 Å². The summed E-state index contributed by atoms with van der Waals surface area (Å²) in [6.45, 7) is -0.156. The zero-order valence-corrected chi connectivity index (χ0v) is 18.3. The van der Waals surface area contributed by atoms with Gasteiger partial charge in [-0.3, -0.25) is 0 Å². The minimum atomic E-state index is -5.26. The summed E-state index contributed by atoms with van der Waals surface area (Å²) in [5.41, 5.74) is -9.39. The molecule has 2 aromatic rings. The molecule has 0 fully saturated rings. The summed E-state index contributed by atoms with van der Waals surface area (Å²) in [4.78, 5) is 0.493. The van der Waals surface area contributed by atoms with Gasteiger partial charge in [0, 0.05) is 12.1 Å². The molecule has 1 aromatic carbocycles. The molecule has 1 N–H and O–H groups in total.